The van der Waals surface area contributed by atoms with E-state index in [2.05, 4.69) is 29.6 Å². The van der Waals surface area contributed by atoms with Gasteiger partial charge in [-0.1, -0.05) is 19.6 Å². The molecule has 0 aliphatic heterocycles. The summed E-state index contributed by atoms with van der Waals surface area (Å²) in [5.74, 6) is -0.410. The Balaban J connectivity index is 2.10. The summed E-state index contributed by atoms with van der Waals surface area (Å²) in [7, 11) is 0.264. The molecule has 0 aromatic carbocycles. The fourth-order valence-electron chi connectivity index (χ4n) is 1.87. The van der Waals surface area contributed by atoms with Gasteiger partial charge in [0.1, 0.15) is 12.2 Å². The number of carbonyl (C=O) groups is 1. The lowest BCUT2D eigenvalue weighted by Crippen LogP contribution is -2.22. The highest BCUT2D eigenvalue weighted by Crippen LogP contribution is 2.16. The average Bonchev–Trinajstić information content (AvgIpc) is 2.85. The maximum Gasteiger partial charge on any atom is 0.340 e. The lowest BCUT2D eigenvalue weighted by molar-refractivity contribution is 0.0602. The Bertz CT molecular complexity index is 634. The highest BCUT2D eigenvalue weighted by Gasteiger charge is 2.15. The summed E-state index contributed by atoms with van der Waals surface area (Å²) in [6.07, 6.45) is 3.22. The van der Waals surface area contributed by atoms with Crippen LogP contribution in [0.25, 0.3) is 11.2 Å². The summed E-state index contributed by atoms with van der Waals surface area (Å²) < 4.78 is 12.2. The summed E-state index contributed by atoms with van der Waals surface area (Å²) in [5.41, 5.74) is 1.59. The van der Waals surface area contributed by atoms with Crippen LogP contribution in [0, 0.1) is 0 Å². The van der Waals surface area contributed by atoms with Gasteiger partial charge in [0.25, 0.3) is 0 Å². The number of ether oxygens (including phenoxy) is 2. The normalized spacial score (nSPS) is 11.8. The molecule has 0 saturated heterocycles. The topological polar surface area (TPSA) is 66.2 Å². The van der Waals surface area contributed by atoms with E-state index >= 15 is 0 Å². The van der Waals surface area contributed by atoms with Crippen LogP contribution in [-0.2, 0) is 16.2 Å². The highest BCUT2D eigenvalue weighted by molar-refractivity contribution is 6.76. The second kappa shape index (κ2) is 6.36. The number of esters is 1. The van der Waals surface area contributed by atoms with E-state index in [9.17, 15) is 4.79 Å². The van der Waals surface area contributed by atoms with Crippen molar-refractivity contribution in [2.24, 2.45) is 0 Å². The van der Waals surface area contributed by atoms with Gasteiger partial charge in [0.05, 0.1) is 19.0 Å². The van der Waals surface area contributed by atoms with E-state index in [0.29, 0.717) is 23.5 Å². The Morgan fingerprint density at radius 1 is 1.33 bits per heavy atom. The first-order chi connectivity index (χ1) is 9.92. The smallest absolute Gasteiger partial charge is 0.340 e. The zero-order valence-corrected chi connectivity index (χ0v) is 13.9. The SMILES string of the molecule is COC(=O)c1ccnc2c1ncn2COCC[Si](C)(C)C. The molecule has 0 bridgehead atoms. The molecule has 0 fully saturated rings. The lowest BCUT2D eigenvalue weighted by Gasteiger charge is -2.15. The Kier molecular flexibility index (Phi) is 4.74. The maximum absolute atomic E-state index is 11.7. The van der Waals surface area contributed by atoms with E-state index in [1.807, 2.05) is 0 Å². The molecule has 21 heavy (non-hydrogen) atoms. The van der Waals surface area contributed by atoms with Gasteiger partial charge in [-0.15, -0.1) is 0 Å². The molecule has 0 radical (unpaired) electrons. The van der Waals surface area contributed by atoms with Crippen LogP contribution in [0.15, 0.2) is 18.6 Å². The Morgan fingerprint density at radius 2 is 2.10 bits per heavy atom. The quantitative estimate of drug-likeness (QED) is 0.466. The first kappa shape index (κ1) is 15.7. The third kappa shape index (κ3) is 3.89. The molecule has 0 amide bonds. The first-order valence-corrected chi connectivity index (χ1v) is 10.6. The molecule has 2 aromatic heterocycles. The van der Waals surface area contributed by atoms with E-state index < -0.39 is 14.0 Å². The van der Waals surface area contributed by atoms with Crippen molar-refractivity contribution in [3.8, 4) is 0 Å². The fraction of sp³-hybridized carbons (Fsp3) is 0.500. The molecule has 0 aliphatic carbocycles. The minimum Gasteiger partial charge on any atom is -0.465 e. The predicted molar refractivity (Wildman–Crippen MR) is 83.0 cm³/mol. The molecule has 114 valence electrons. The molecule has 0 saturated carbocycles. The van der Waals surface area contributed by atoms with Crippen molar-refractivity contribution in [1.29, 1.82) is 0 Å². The van der Waals surface area contributed by atoms with Crippen LogP contribution in [-0.4, -0.2) is 42.3 Å². The third-order valence-corrected chi connectivity index (χ3v) is 4.84. The molecule has 7 heteroatoms. The first-order valence-electron chi connectivity index (χ1n) is 6.88. The summed E-state index contributed by atoms with van der Waals surface area (Å²) >= 11 is 0. The summed E-state index contributed by atoms with van der Waals surface area (Å²) in [6.45, 7) is 8.05. The standard InChI is InChI=1S/C14H21N3O3Si/c1-19-14(18)11-5-6-15-13-12(11)16-9-17(13)10-20-7-8-21(2,3)4/h5-6,9H,7-8,10H2,1-4H3. The second-order valence-electron chi connectivity index (χ2n) is 6.08. The summed E-state index contributed by atoms with van der Waals surface area (Å²) in [4.78, 5) is 20.2. The van der Waals surface area contributed by atoms with Crippen LogP contribution in [0.1, 0.15) is 10.4 Å². The van der Waals surface area contributed by atoms with Gasteiger partial charge in [-0.3, -0.25) is 4.57 Å². The van der Waals surface area contributed by atoms with Crippen molar-refractivity contribution in [2.75, 3.05) is 13.7 Å². The van der Waals surface area contributed by atoms with Gasteiger partial charge < -0.3 is 9.47 Å². The van der Waals surface area contributed by atoms with Crippen molar-refractivity contribution >= 4 is 25.2 Å². The molecule has 0 unspecified atom stereocenters. The summed E-state index contributed by atoms with van der Waals surface area (Å²) in [5, 5.41) is 0. The van der Waals surface area contributed by atoms with Crippen molar-refractivity contribution < 1.29 is 14.3 Å². The number of imidazole rings is 1. The van der Waals surface area contributed by atoms with Gasteiger partial charge in [0.15, 0.2) is 5.65 Å². The van der Waals surface area contributed by atoms with E-state index in [-0.39, 0.29) is 0 Å². The van der Waals surface area contributed by atoms with Crippen molar-refractivity contribution in [1.82, 2.24) is 14.5 Å². The van der Waals surface area contributed by atoms with Gasteiger partial charge in [0.2, 0.25) is 0 Å². The third-order valence-electron chi connectivity index (χ3n) is 3.14. The van der Waals surface area contributed by atoms with Crippen molar-refractivity contribution in [3.63, 3.8) is 0 Å². The van der Waals surface area contributed by atoms with Gasteiger partial charge in [-0.05, 0) is 12.1 Å². The zero-order chi connectivity index (χ0) is 15.5. The van der Waals surface area contributed by atoms with Gasteiger partial charge in [-0.25, -0.2) is 14.8 Å². The largest absolute Gasteiger partial charge is 0.465 e. The molecule has 2 heterocycles. The summed E-state index contributed by atoms with van der Waals surface area (Å²) in [6, 6.07) is 2.72. The number of methoxy groups -OCH3 is 1. The second-order valence-corrected chi connectivity index (χ2v) is 11.7. The number of rotatable bonds is 6. The van der Waals surface area contributed by atoms with Crippen LogP contribution in [0.5, 0.6) is 0 Å². The molecule has 2 rings (SSSR count). The minimum atomic E-state index is -1.09. The highest BCUT2D eigenvalue weighted by atomic mass is 28.3. The molecule has 2 aromatic rings. The molecule has 0 aliphatic rings. The van der Waals surface area contributed by atoms with E-state index in [1.165, 1.54) is 7.11 Å². The fourth-order valence-corrected chi connectivity index (χ4v) is 2.63. The lowest BCUT2D eigenvalue weighted by atomic mass is 10.2. The van der Waals surface area contributed by atoms with Crippen LogP contribution in [0.2, 0.25) is 25.7 Å². The Labute approximate surface area is 125 Å². The number of pyridine rings is 1. The van der Waals surface area contributed by atoms with Crippen LogP contribution < -0.4 is 0 Å². The van der Waals surface area contributed by atoms with E-state index in [4.69, 9.17) is 9.47 Å². The number of aromatic nitrogens is 3. The number of hydrogen-bond acceptors (Lipinski definition) is 5. The molecular formula is C14H21N3O3Si. The van der Waals surface area contributed by atoms with Crippen LogP contribution in [0.4, 0.5) is 0 Å². The number of hydrogen-bond donors (Lipinski definition) is 0. The van der Waals surface area contributed by atoms with Crippen molar-refractivity contribution in [3.05, 3.63) is 24.2 Å². The minimum absolute atomic E-state index is 0.388. The van der Waals surface area contributed by atoms with Crippen LogP contribution in [0.3, 0.4) is 0 Å². The molecule has 6 nitrogen and oxygen atoms in total. The monoisotopic (exact) mass is 307 g/mol. The Morgan fingerprint density at radius 3 is 2.76 bits per heavy atom. The predicted octanol–water partition coefficient (Wildman–Crippen LogP) is 2.53. The van der Waals surface area contributed by atoms with Gasteiger partial charge in [-0.2, -0.15) is 0 Å². The Hall–Kier alpha value is -1.73. The molecular weight excluding hydrogens is 286 g/mol. The number of carbonyl (C=O) groups excluding carboxylic acids is 1. The van der Waals surface area contributed by atoms with Gasteiger partial charge in [0, 0.05) is 20.9 Å². The van der Waals surface area contributed by atoms with Crippen molar-refractivity contribution in [2.45, 2.75) is 32.4 Å². The molecule has 0 spiro atoms. The van der Waals surface area contributed by atoms with E-state index in [0.717, 1.165) is 12.7 Å². The molecule has 0 N–H and O–H groups in total. The van der Waals surface area contributed by atoms with E-state index in [1.54, 1.807) is 23.2 Å². The van der Waals surface area contributed by atoms with Gasteiger partial charge >= 0.3 is 5.97 Å². The number of fused-ring (bicyclic) bond motifs is 1. The average molecular weight is 307 g/mol. The zero-order valence-electron chi connectivity index (χ0n) is 12.9. The van der Waals surface area contributed by atoms with Crippen LogP contribution >= 0.6 is 0 Å². The number of nitrogens with zero attached hydrogens (tertiary/aromatic N) is 3. The molecule has 0 atom stereocenters. The maximum atomic E-state index is 11.7.